The molecule has 0 aromatic heterocycles. The summed E-state index contributed by atoms with van der Waals surface area (Å²) in [6, 6.07) is 19.1. The molecule has 0 bridgehead atoms. The normalized spacial score (nSPS) is 13.9. The molecule has 6 nitrogen and oxygen atoms in total. The number of rotatable bonds is 16. The molecular weight excluding hydrogens is 450 g/mol. The maximum atomic E-state index is 13.4. The predicted octanol–water partition coefficient (Wildman–Crippen LogP) is 4.82. The Bertz CT molecular complexity index is 885. The third-order valence-corrected chi connectivity index (χ3v) is 6.84. The van der Waals surface area contributed by atoms with E-state index in [1.807, 2.05) is 74.5 Å². The quantitative estimate of drug-likeness (QED) is 0.311. The Hall–Kier alpha value is -2.70. The highest BCUT2D eigenvalue weighted by Gasteiger charge is 2.31. The Morgan fingerprint density at radius 3 is 2.00 bits per heavy atom. The summed E-state index contributed by atoms with van der Waals surface area (Å²) in [5.41, 5.74) is 8.45. The third-order valence-electron chi connectivity index (χ3n) is 6.84. The second kappa shape index (κ2) is 16.1. The van der Waals surface area contributed by atoms with Gasteiger partial charge in [-0.1, -0.05) is 101 Å². The number of hydrogen-bond acceptors (Lipinski definition) is 4. The van der Waals surface area contributed by atoms with Crippen molar-refractivity contribution in [3.05, 3.63) is 71.8 Å². The highest BCUT2D eigenvalue weighted by Crippen LogP contribution is 2.21. The van der Waals surface area contributed by atoms with Gasteiger partial charge in [0.15, 0.2) is 0 Å². The van der Waals surface area contributed by atoms with Gasteiger partial charge in [0.2, 0.25) is 11.8 Å². The lowest BCUT2D eigenvalue weighted by molar-refractivity contribution is -0.133. The van der Waals surface area contributed by atoms with Crippen LogP contribution in [0.1, 0.15) is 64.5 Å². The molecule has 2 aromatic carbocycles. The number of benzene rings is 2. The van der Waals surface area contributed by atoms with Crippen molar-refractivity contribution in [3.63, 3.8) is 0 Å². The molecule has 4 N–H and O–H groups in total. The molecule has 0 saturated carbocycles. The van der Waals surface area contributed by atoms with Gasteiger partial charge >= 0.3 is 0 Å². The number of amides is 2. The minimum atomic E-state index is -0.555. The fourth-order valence-electron chi connectivity index (χ4n) is 4.46. The molecule has 6 heteroatoms. The van der Waals surface area contributed by atoms with Crippen molar-refractivity contribution in [2.75, 3.05) is 6.61 Å². The van der Waals surface area contributed by atoms with E-state index in [1.54, 1.807) is 0 Å². The summed E-state index contributed by atoms with van der Waals surface area (Å²) in [6.07, 6.45) is 2.97. The van der Waals surface area contributed by atoms with Gasteiger partial charge in [0.25, 0.3) is 0 Å². The van der Waals surface area contributed by atoms with E-state index in [-0.39, 0.29) is 35.6 Å². The second-order valence-electron chi connectivity index (χ2n) is 9.95. The number of ether oxygens (including phenoxy) is 1. The summed E-state index contributed by atoms with van der Waals surface area (Å²) in [6.45, 7) is 9.62. The van der Waals surface area contributed by atoms with Gasteiger partial charge in [-0.05, 0) is 35.8 Å². The number of nitrogens with two attached hydrogens (primary N) is 1. The van der Waals surface area contributed by atoms with Gasteiger partial charge < -0.3 is 21.1 Å². The van der Waals surface area contributed by atoms with E-state index in [0.717, 1.165) is 24.0 Å². The lowest BCUT2D eigenvalue weighted by Gasteiger charge is -2.29. The standard InChI is InChI=1S/C30H45N3O3/c1-5-25(6-2)28(30(35)32-19-23-13-9-7-10-14-23)33-29(34)27(22(3)4)18-17-26(31)21-36-20-24-15-11-8-12-16-24/h7-16,22,25-28H,5-6,17-21,31H2,1-4H3,(H,32,35)(H,33,34)/t26?,27-,28?/m0/s1. The van der Waals surface area contributed by atoms with Gasteiger partial charge in [-0.25, -0.2) is 0 Å². The monoisotopic (exact) mass is 495 g/mol. The summed E-state index contributed by atoms with van der Waals surface area (Å²) in [5.74, 6) is -0.212. The summed E-state index contributed by atoms with van der Waals surface area (Å²) >= 11 is 0. The van der Waals surface area contributed by atoms with Crippen LogP contribution < -0.4 is 16.4 Å². The number of carbonyl (C=O) groups excluding carboxylic acids is 2. The number of hydrogen-bond donors (Lipinski definition) is 3. The summed E-state index contributed by atoms with van der Waals surface area (Å²) in [4.78, 5) is 26.5. The first-order valence-electron chi connectivity index (χ1n) is 13.3. The van der Waals surface area contributed by atoms with Crippen LogP contribution in [-0.4, -0.2) is 30.5 Å². The molecule has 0 fully saturated rings. The summed E-state index contributed by atoms with van der Waals surface area (Å²) in [5, 5.41) is 6.12. The molecule has 0 spiro atoms. The molecule has 36 heavy (non-hydrogen) atoms. The molecule has 2 aromatic rings. The van der Waals surface area contributed by atoms with E-state index >= 15 is 0 Å². The molecule has 0 heterocycles. The third kappa shape index (κ3) is 10.1. The largest absolute Gasteiger partial charge is 0.375 e. The molecule has 0 radical (unpaired) electrons. The molecule has 2 rings (SSSR count). The van der Waals surface area contributed by atoms with E-state index in [1.165, 1.54) is 0 Å². The van der Waals surface area contributed by atoms with E-state index in [9.17, 15) is 9.59 Å². The van der Waals surface area contributed by atoms with Crippen LogP contribution in [0, 0.1) is 17.8 Å². The molecule has 3 atom stereocenters. The van der Waals surface area contributed by atoms with E-state index in [4.69, 9.17) is 10.5 Å². The number of nitrogens with one attached hydrogen (secondary N) is 2. The maximum absolute atomic E-state index is 13.4. The highest BCUT2D eigenvalue weighted by atomic mass is 16.5. The van der Waals surface area contributed by atoms with Crippen molar-refractivity contribution in [2.24, 2.45) is 23.5 Å². The molecule has 0 aliphatic carbocycles. The van der Waals surface area contributed by atoms with Crippen LogP contribution in [0.15, 0.2) is 60.7 Å². The zero-order chi connectivity index (χ0) is 26.3. The van der Waals surface area contributed by atoms with Crippen molar-refractivity contribution in [3.8, 4) is 0 Å². The minimum Gasteiger partial charge on any atom is -0.375 e. The molecule has 0 aliphatic heterocycles. The Kier molecular flexibility index (Phi) is 13.2. The van der Waals surface area contributed by atoms with Gasteiger partial charge in [-0.2, -0.15) is 0 Å². The SMILES string of the molecule is CCC(CC)C(NC(=O)[C@@H](CCC(N)COCc1ccccc1)C(C)C)C(=O)NCc1ccccc1. The maximum Gasteiger partial charge on any atom is 0.243 e. The fraction of sp³-hybridized carbons (Fsp3) is 0.533. The predicted molar refractivity (Wildman–Crippen MR) is 146 cm³/mol. The van der Waals surface area contributed by atoms with Crippen LogP contribution in [0.3, 0.4) is 0 Å². The van der Waals surface area contributed by atoms with Gasteiger partial charge in [0.1, 0.15) is 6.04 Å². The van der Waals surface area contributed by atoms with Crippen molar-refractivity contribution >= 4 is 11.8 Å². The summed E-state index contributed by atoms with van der Waals surface area (Å²) < 4.78 is 5.78. The Morgan fingerprint density at radius 1 is 0.861 bits per heavy atom. The van der Waals surface area contributed by atoms with Gasteiger partial charge in [-0.15, -0.1) is 0 Å². The van der Waals surface area contributed by atoms with Gasteiger partial charge in [-0.3, -0.25) is 9.59 Å². The van der Waals surface area contributed by atoms with Crippen molar-refractivity contribution in [1.82, 2.24) is 10.6 Å². The van der Waals surface area contributed by atoms with Crippen LogP contribution in [0.2, 0.25) is 0 Å². The fourth-order valence-corrected chi connectivity index (χ4v) is 4.46. The van der Waals surface area contributed by atoms with Crippen LogP contribution in [0.5, 0.6) is 0 Å². The Labute approximate surface area is 217 Å². The average Bonchev–Trinajstić information content (AvgIpc) is 2.88. The summed E-state index contributed by atoms with van der Waals surface area (Å²) in [7, 11) is 0. The molecule has 198 valence electrons. The zero-order valence-electron chi connectivity index (χ0n) is 22.4. The molecule has 0 aliphatic rings. The topological polar surface area (TPSA) is 93.5 Å². The Morgan fingerprint density at radius 2 is 1.44 bits per heavy atom. The van der Waals surface area contributed by atoms with Crippen LogP contribution in [0.4, 0.5) is 0 Å². The van der Waals surface area contributed by atoms with Gasteiger partial charge in [0, 0.05) is 18.5 Å². The Balaban J connectivity index is 1.92. The molecule has 0 saturated heterocycles. The number of carbonyl (C=O) groups is 2. The van der Waals surface area contributed by atoms with E-state index in [2.05, 4.69) is 24.5 Å². The van der Waals surface area contributed by atoms with Gasteiger partial charge in [0.05, 0.1) is 13.2 Å². The zero-order valence-corrected chi connectivity index (χ0v) is 22.4. The van der Waals surface area contributed by atoms with Crippen LogP contribution >= 0.6 is 0 Å². The molecular formula is C30H45N3O3. The second-order valence-corrected chi connectivity index (χ2v) is 9.95. The first kappa shape index (κ1) is 29.5. The first-order valence-corrected chi connectivity index (χ1v) is 13.3. The first-order chi connectivity index (χ1) is 17.3. The van der Waals surface area contributed by atoms with Crippen LogP contribution in [-0.2, 0) is 27.5 Å². The molecule has 2 unspecified atom stereocenters. The van der Waals surface area contributed by atoms with Crippen LogP contribution in [0.25, 0.3) is 0 Å². The van der Waals surface area contributed by atoms with E-state index < -0.39 is 6.04 Å². The molecule has 2 amide bonds. The van der Waals surface area contributed by atoms with Crippen molar-refractivity contribution < 1.29 is 14.3 Å². The highest BCUT2D eigenvalue weighted by molar-refractivity contribution is 5.88. The smallest absolute Gasteiger partial charge is 0.243 e. The van der Waals surface area contributed by atoms with E-state index in [0.29, 0.717) is 32.6 Å². The lowest BCUT2D eigenvalue weighted by Crippen LogP contribution is -2.52. The van der Waals surface area contributed by atoms with Crippen molar-refractivity contribution in [2.45, 2.75) is 78.6 Å². The lowest BCUT2D eigenvalue weighted by atomic mass is 9.87. The average molecular weight is 496 g/mol. The van der Waals surface area contributed by atoms with Crippen molar-refractivity contribution in [1.29, 1.82) is 0 Å². The minimum absolute atomic E-state index is 0.0748.